The molecule has 0 aromatic rings. The number of piperazine rings is 1. The fourth-order valence-electron chi connectivity index (χ4n) is 4.07. The van der Waals surface area contributed by atoms with Gasteiger partial charge in [-0.1, -0.05) is 0 Å². The van der Waals surface area contributed by atoms with Crippen LogP contribution in [0.25, 0.3) is 0 Å². The number of rotatable bonds is 2. The minimum atomic E-state index is -0.194. The normalized spacial score (nSPS) is 30.3. The molecule has 3 heterocycles. The first kappa shape index (κ1) is 16.7. The van der Waals surface area contributed by atoms with Crippen LogP contribution in [-0.2, 0) is 9.59 Å². The van der Waals surface area contributed by atoms with E-state index in [2.05, 4.69) is 10.2 Å². The fourth-order valence-corrected chi connectivity index (χ4v) is 4.07. The van der Waals surface area contributed by atoms with Crippen molar-refractivity contribution < 1.29 is 9.59 Å². The van der Waals surface area contributed by atoms with Crippen LogP contribution in [0.3, 0.4) is 0 Å². The Morgan fingerprint density at radius 3 is 2.43 bits per heavy atom. The lowest BCUT2D eigenvalue weighted by Crippen LogP contribution is -2.49. The van der Waals surface area contributed by atoms with E-state index in [9.17, 15) is 9.59 Å². The molecule has 3 fully saturated rings. The van der Waals surface area contributed by atoms with Crippen molar-refractivity contribution >= 4 is 11.8 Å². The molecule has 2 amide bonds. The van der Waals surface area contributed by atoms with Gasteiger partial charge in [0.15, 0.2) is 0 Å². The van der Waals surface area contributed by atoms with Crippen LogP contribution in [0, 0.1) is 5.92 Å². The second kappa shape index (κ2) is 6.40. The average molecular weight is 322 g/mol. The zero-order chi connectivity index (χ0) is 16.6. The number of likely N-dealkylation sites (tertiary alicyclic amines) is 2. The van der Waals surface area contributed by atoms with Crippen LogP contribution in [0.5, 0.6) is 0 Å². The lowest BCUT2D eigenvalue weighted by atomic mass is 10.1. The molecule has 1 N–H and O–H groups in total. The third kappa shape index (κ3) is 3.53. The zero-order valence-corrected chi connectivity index (χ0v) is 14.7. The number of carbonyl (C=O) groups excluding carboxylic acids is 2. The van der Waals surface area contributed by atoms with E-state index >= 15 is 0 Å². The molecule has 130 valence electrons. The molecule has 0 radical (unpaired) electrons. The van der Waals surface area contributed by atoms with Gasteiger partial charge in [-0.2, -0.15) is 0 Å². The molecule has 0 saturated carbocycles. The zero-order valence-electron chi connectivity index (χ0n) is 14.7. The standard InChI is InChI=1S/C17H30N4O2/c1-17(2,3)21-11-13(10-15(21)22)16(23)20-7-4-14(12-20)19-8-5-18-6-9-19/h13-14,18H,4-12H2,1-3H3. The summed E-state index contributed by atoms with van der Waals surface area (Å²) < 4.78 is 0. The molecule has 23 heavy (non-hydrogen) atoms. The maximum atomic E-state index is 12.8. The molecule has 0 aromatic carbocycles. The van der Waals surface area contributed by atoms with Crippen molar-refractivity contribution in [2.75, 3.05) is 45.8 Å². The van der Waals surface area contributed by atoms with Gasteiger partial charge >= 0.3 is 0 Å². The minimum Gasteiger partial charge on any atom is -0.341 e. The van der Waals surface area contributed by atoms with Crippen LogP contribution < -0.4 is 5.32 Å². The Kier molecular flexibility index (Phi) is 4.65. The van der Waals surface area contributed by atoms with Crippen molar-refractivity contribution in [3.8, 4) is 0 Å². The predicted molar refractivity (Wildman–Crippen MR) is 89.0 cm³/mol. The summed E-state index contributed by atoms with van der Waals surface area (Å²) in [6.07, 6.45) is 1.44. The van der Waals surface area contributed by atoms with Gasteiger partial charge in [0.05, 0.1) is 5.92 Å². The molecule has 3 rings (SSSR count). The topological polar surface area (TPSA) is 55.9 Å². The number of amides is 2. The summed E-state index contributed by atoms with van der Waals surface area (Å²) in [5, 5.41) is 3.38. The Labute approximate surface area is 139 Å². The third-order valence-corrected chi connectivity index (χ3v) is 5.43. The molecule has 0 aliphatic carbocycles. The molecular weight excluding hydrogens is 292 g/mol. The van der Waals surface area contributed by atoms with Gasteiger partial charge in [0.25, 0.3) is 0 Å². The van der Waals surface area contributed by atoms with Crippen LogP contribution in [0.2, 0.25) is 0 Å². The molecule has 3 aliphatic heterocycles. The van der Waals surface area contributed by atoms with Crippen LogP contribution in [0.4, 0.5) is 0 Å². The van der Waals surface area contributed by atoms with Gasteiger partial charge in [0.1, 0.15) is 0 Å². The van der Waals surface area contributed by atoms with Crippen molar-refractivity contribution in [3.63, 3.8) is 0 Å². The van der Waals surface area contributed by atoms with Gasteiger partial charge < -0.3 is 15.1 Å². The number of hydrogen-bond acceptors (Lipinski definition) is 4. The minimum absolute atomic E-state index is 0.119. The van der Waals surface area contributed by atoms with Crippen LogP contribution in [0.15, 0.2) is 0 Å². The average Bonchev–Trinajstić information content (AvgIpc) is 3.13. The highest BCUT2D eigenvalue weighted by Gasteiger charge is 2.42. The molecule has 3 saturated heterocycles. The van der Waals surface area contributed by atoms with Gasteiger partial charge in [-0.05, 0) is 27.2 Å². The van der Waals surface area contributed by atoms with E-state index in [0.717, 1.165) is 45.7 Å². The van der Waals surface area contributed by atoms with E-state index < -0.39 is 0 Å². The molecule has 3 aliphatic rings. The Balaban J connectivity index is 1.56. The van der Waals surface area contributed by atoms with Gasteiger partial charge in [0.2, 0.25) is 11.8 Å². The van der Waals surface area contributed by atoms with E-state index in [-0.39, 0.29) is 23.3 Å². The van der Waals surface area contributed by atoms with Gasteiger partial charge in [-0.25, -0.2) is 0 Å². The van der Waals surface area contributed by atoms with Crippen LogP contribution in [-0.4, -0.2) is 83.9 Å². The maximum Gasteiger partial charge on any atom is 0.228 e. The first-order chi connectivity index (χ1) is 10.9. The molecular formula is C17H30N4O2. The fraction of sp³-hybridized carbons (Fsp3) is 0.882. The van der Waals surface area contributed by atoms with Crippen molar-refractivity contribution in [2.45, 2.75) is 45.2 Å². The Bertz CT molecular complexity index is 468. The molecule has 6 heteroatoms. The molecule has 2 unspecified atom stereocenters. The Morgan fingerprint density at radius 1 is 1.13 bits per heavy atom. The largest absolute Gasteiger partial charge is 0.341 e. The van der Waals surface area contributed by atoms with E-state index in [4.69, 9.17) is 0 Å². The van der Waals surface area contributed by atoms with Crippen molar-refractivity contribution in [1.82, 2.24) is 20.0 Å². The van der Waals surface area contributed by atoms with Crippen molar-refractivity contribution in [3.05, 3.63) is 0 Å². The summed E-state index contributed by atoms with van der Waals surface area (Å²) in [6.45, 7) is 12.6. The maximum absolute atomic E-state index is 12.8. The van der Waals surface area contributed by atoms with Crippen LogP contribution >= 0.6 is 0 Å². The first-order valence-electron chi connectivity index (χ1n) is 8.90. The second-order valence-corrected chi connectivity index (χ2v) is 8.09. The Hall–Kier alpha value is -1.14. The number of nitrogens with zero attached hydrogens (tertiary/aromatic N) is 3. The molecule has 0 spiro atoms. The predicted octanol–water partition coefficient (Wildman–Crippen LogP) is 0.140. The highest BCUT2D eigenvalue weighted by molar-refractivity contribution is 5.89. The quantitative estimate of drug-likeness (QED) is 0.786. The summed E-state index contributed by atoms with van der Waals surface area (Å²) in [5.41, 5.74) is -0.194. The van der Waals surface area contributed by atoms with Gasteiger partial charge in [-0.15, -0.1) is 0 Å². The molecule has 2 atom stereocenters. The monoisotopic (exact) mass is 322 g/mol. The van der Waals surface area contributed by atoms with E-state index in [1.807, 2.05) is 30.6 Å². The highest BCUT2D eigenvalue weighted by Crippen LogP contribution is 2.28. The van der Waals surface area contributed by atoms with Crippen LogP contribution in [0.1, 0.15) is 33.6 Å². The van der Waals surface area contributed by atoms with E-state index in [1.54, 1.807) is 0 Å². The molecule has 0 bridgehead atoms. The number of nitrogens with one attached hydrogen (secondary N) is 1. The summed E-state index contributed by atoms with van der Waals surface area (Å²) in [4.78, 5) is 31.4. The molecule has 6 nitrogen and oxygen atoms in total. The summed E-state index contributed by atoms with van der Waals surface area (Å²) in [5.74, 6) is 0.153. The van der Waals surface area contributed by atoms with Crippen molar-refractivity contribution in [1.29, 1.82) is 0 Å². The van der Waals surface area contributed by atoms with Crippen molar-refractivity contribution in [2.24, 2.45) is 5.92 Å². The lowest BCUT2D eigenvalue weighted by molar-refractivity contribution is -0.135. The number of carbonyl (C=O) groups is 2. The first-order valence-corrected chi connectivity index (χ1v) is 8.90. The lowest BCUT2D eigenvalue weighted by Gasteiger charge is -2.33. The smallest absolute Gasteiger partial charge is 0.228 e. The highest BCUT2D eigenvalue weighted by atomic mass is 16.2. The number of hydrogen-bond donors (Lipinski definition) is 1. The van der Waals surface area contributed by atoms with Gasteiger partial charge in [-0.3, -0.25) is 14.5 Å². The molecule has 0 aromatic heterocycles. The summed E-state index contributed by atoms with van der Waals surface area (Å²) in [7, 11) is 0. The van der Waals surface area contributed by atoms with E-state index in [1.165, 1.54) is 0 Å². The Morgan fingerprint density at radius 2 is 1.83 bits per heavy atom. The summed E-state index contributed by atoms with van der Waals surface area (Å²) in [6, 6.07) is 0.497. The second-order valence-electron chi connectivity index (χ2n) is 8.09. The van der Waals surface area contributed by atoms with E-state index in [0.29, 0.717) is 19.0 Å². The summed E-state index contributed by atoms with van der Waals surface area (Å²) >= 11 is 0. The third-order valence-electron chi connectivity index (χ3n) is 5.43. The SMILES string of the molecule is CC(C)(C)N1CC(C(=O)N2CCC(N3CCNCC3)C2)CC1=O. The van der Waals surface area contributed by atoms with Gasteiger partial charge in [0, 0.05) is 63.8 Å².